The van der Waals surface area contributed by atoms with Crippen molar-refractivity contribution in [3.63, 3.8) is 0 Å². The quantitative estimate of drug-likeness (QED) is 0.874. The van der Waals surface area contributed by atoms with Gasteiger partial charge in [0.2, 0.25) is 0 Å². The number of nitrogens with zero attached hydrogens (tertiary/aromatic N) is 2. The van der Waals surface area contributed by atoms with E-state index < -0.39 is 11.8 Å². The molecule has 106 valence electrons. The number of ether oxygens (including phenoxy) is 1. The predicted octanol–water partition coefficient (Wildman–Crippen LogP) is 3.01. The third-order valence-corrected chi connectivity index (χ3v) is 2.63. The van der Waals surface area contributed by atoms with Crippen LogP contribution in [0, 0.1) is 17.1 Å². The molecule has 0 amide bonds. The number of nitriles is 1. The topological polar surface area (TPSA) is 75.0 Å². The van der Waals surface area contributed by atoms with Crippen LogP contribution in [0.4, 0.5) is 15.9 Å². The third-order valence-electron chi connectivity index (χ3n) is 2.63. The second kappa shape index (κ2) is 6.48. The predicted molar refractivity (Wildman–Crippen MR) is 74.6 cm³/mol. The van der Waals surface area contributed by atoms with Gasteiger partial charge in [-0.1, -0.05) is 0 Å². The van der Waals surface area contributed by atoms with E-state index in [1.807, 2.05) is 0 Å². The number of carbonyl (C=O) groups excluding carboxylic acids is 1. The number of pyridine rings is 1. The smallest absolute Gasteiger partial charge is 0.339 e. The first-order valence-electron chi connectivity index (χ1n) is 6.24. The second-order valence-corrected chi connectivity index (χ2v) is 4.08. The summed E-state index contributed by atoms with van der Waals surface area (Å²) in [6.07, 6.45) is 1.38. The first-order chi connectivity index (χ1) is 10.1. The standard InChI is InChI=1S/C15H12FN3O2/c1-2-21-15(20)10-3-6-14(18-9-10)19-12-4-5-13(16)11(7-12)8-17/h3-7,9H,2H2,1H3,(H,18,19). The third kappa shape index (κ3) is 3.54. The van der Waals surface area contributed by atoms with Crippen molar-refractivity contribution >= 4 is 17.5 Å². The van der Waals surface area contributed by atoms with Gasteiger partial charge in [-0.2, -0.15) is 5.26 Å². The number of esters is 1. The van der Waals surface area contributed by atoms with E-state index in [1.165, 1.54) is 24.4 Å². The molecule has 1 aromatic heterocycles. The molecule has 21 heavy (non-hydrogen) atoms. The Morgan fingerprint density at radius 2 is 2.24 bits per heavy atom. The summed E-state index contributed by atoms with van der Waals surface area (Å²) < 4.78 is 18.1. The molecule has 0 atom stereocenters. The number of benzene rings is 1. The van der Waals surface area contributed by atoms with Crippen molar-refractivity contribution in [2.45, 2.75) is 6.92 Å². The molecule has 0 saturated heterocycles. The Labute approximate surface area is 121 Å². The van der Waals surface area contributed by atoms with Crippen molar-refractivity contribution in [2.75, 3.05) is 11.9 Å². The fourth-order valence-corrected chi connectivity index (χ4v) is 1.64. The summed E-state index contributed by atoms with van der Waals surface area (Å²) in [6.45, 7) is 2.02. The number of nitrogens with one attached hydrogen (secondary N) is 1. The maximum absolute atomic E-state index is 13.2. The minimum absolute atomic E-state index is 0.0526. The highest BCUT2D eigenvalue weighted by Crippen LogP contribution is 2.18. The Morgan fingerprint density at radius 3 is 2.86 bits per heavy atom. The van der Waals surface area contributed by atoms with Crippen LogP contribution in [0.2, 0.25) is 0 Å². The van der Waals surface area contributed by atoms with Crippen LogP contribution in [0.15, 0.2) is 36.5 Å². The highest BCUT2D eigenvalue weighted by Gasteiger charge is 2.07. The SMILES string of the molecule is CCOC(=O)c1ccc(Nc2ccc(F)c(C#N)c2)nc1. The van der Waals surface area contributed by atoms with Gasteiger partial charge in [0, 0.05) is 11.9 Å². The molecule has 0 unspecified atom stereocenters. The lowest BCUT2D eigenvalue weighted by Gasteiger charge is -2.07. The van der Waals surface area contributed by atoms with Crippen LogP contribution in [0.1, 0.15) is 22.8 Å². The van der Waals surface area contributed by atoms with E-state index in [9.17, 15) is 9.18 Å². The Hall–Kier alpha value is -2.94. The van der Waals surface area contributed by atoms with Crippen LogP contribution >= 0.6 is 0 Å². The Bertz CT molecular complexity index is 693. The lowest BCUT2D eigenvalue weighted by molar-refractivity contribution is 0.0526. The van der Waals surface area contributed by atoms with Gasteiger partial charge in [0.05, 0.1) is 17.7 Å². The highest BCUT2D eigenvalue weighted by atomic mass is 19.1. The average molecular weight is 285 g/mol. The minimum atomic E-state index is -0.575. The number of hydrogen-bond acceptors (Lipinski definition) is 5. The number of halogens is 1. The maximum atomic E-state index is 13.2. The van der Waals surface area contributed by atoms with Crippen LogP contribution < -0.4 is 5.32 Å². The summed E-state index contributed by atoms with van der Waals surface area (Å²) in [5, 5.41) is 11.7. The highest BCUT2D eigenvalue weighted by molar-refractivity contribution is 5.89. The van der Waals surface area contributed by atoms with Crippen LogP contribution in [-0.2, 0) is 4.74 Å². The first kappa shape index (κ1) is 14.5. The zero-order valence-electron chi connectivity index (χ0n) is 11.3. The molecule has 0 saturated carbocycles. The van der Waals surface area contributed by atoms with E-state index in [2.05, 4.69) is 10.3 Å². The number of anilines is 2. The molecule has 1 N–H and O–H groups in total. The van der Waals surface area contributed by atoms with Gasteiger partial charge in [0.1, 0.15) is 17.7 Å². The molecular formula is C15H12FN3O2. The van der Waals surface area contributed by atoms with E-state index in [0.29, 0.717) is 23.7 Å². The normalized spacial score (nSPS) is 9.76. The summed E-state index contributed by atoms with van der Waals surface area (Å²) in [4.78, 5) is 15.5. The van der Waals surface area contributed by atoms with Crippen LogP contribution in [-0.4, -0.2) is 17.6 Å². The maximum Gasteiger partial charge on any atom is 0.339 e. The second-order valence-electron chi connectivity index (χ2n) is 4.08. The Morgan fingerprint density at radius 1 is 1.43 bits per heavy atom. The van der Waals surface area contributed by atoms with Gasteiger partial charge in [-0.05, 0) is 37.3 Å². The molecule has 0 aliphatic heterocycles. The van der Waals surface area contributed by atoms with Gasteiger partial charge in [-0.3, -0.25) is 0 Å². The Kier molecular flexibility index (Phi) is 4.46. The lowest BCUT2D eigenvalue weighted by atomic mass is 10.2. The van der Waals surface area contributed by atoms with E-state index in [1.54, 1.807) is 25.1 Å². The summed E-state index contributed by atoms with van der Waals surface area (Å²) in [5.41, 5.74) is 0.826. The molecular weight excluding hydrogens is 273 g/mol. The average Bonchev–Trinajstić information content (AvgIpc) is 2.50. The largest absolute Gasteiger partial charge is 0.462 e. The molecule has 0 aliphatic carbocycles. The van der Waals surface area contributed by atoms with Crippen molar-refractivity contribution < 1.29 is 13.9 Å². The van der Waals surface area contributed by atoms with E-state index in [-0.39, 0.29) is 5.56 Å². The molecule has 2 aromatic rings. The minimum Gasteiger partial charge on any atom is -0.462 e. The molecule has 6 heteroatoms. The number of hydrogen-bond donors (Lipinski definition) is 1. The van der Waals surface area contributed by atoms with Crippen molar-refractivity contribution in [1.82, 2.24) is 4.98 Å². The molecule has 2 rings (SSSR count). The van der Waals surface area contributed by atoms with Crippen molar-refractivity contribution in [1.29, 1.82) is 5.26 Å². The summed E-state index contributed by atoms with van der Waals surface area (Å²) in [7, 11) is 0. The fourth-order valence-electron chi connectivity index (χ4n) is 1.64. The zero-order valence-corrected chi connectivity index (χ0v) is 11.3. The summed E-state index contributed by atoms with van der Waals surface area (Å²) >= 11 is 0. The van der Waals surface area contributed by atoms with Crippen LogP contribution in [0.3, 0.4) is 0 Å². The van der Waals surface area contributed by atoms with E-state index in [0.717, 1.165) is 0 Å². The molecule has 1 aromatic carbocycles. The van der Waals surface area contributed by atoms with Crippen LogP contribution in [0.25, 0.3) is 0 Å². The molecule has 0 radical (unpaired) electrons. The van der Waals surface area contributed by atoms with Gasteiger partial charge >= 0.3 is 5.97 Å². The van der Waals surface area contributed by atoms with Crippen LogP contribution in [0.5, 0.6) is 0 Å². The van der Waals surface area contributed by atoms with Gasteiger partial charge in [0.15, 0.2) is 0 Å². The molecule has 0 spiro atoms. The number of carbonyl (C=O) groups is 1. The molecule has 1 heterocycles. The zero-order chi connectivity index (χ0) is 15.2. The summed E-state index contributed by atoms with van der Waals surface area (Å²) in [5.74, 6) is -0.544. The van der Waals surface area contributed by atoms with Crippen molar-refractivity contribution in [3.8, 4) is 6.07 Å². The lowest BCUT2D eigenvalue weighted by Crippen LogP contribution is -2.05. The van der Waals surface area contributed by atoms with Crippen molar-refractivity contribution in [3.05, 3.63) is 53.5 Å². The first-order valence-corrected chi connectivity index (χ1v) is 6.24. The number of aromatic nitrogens is 1. The fraction of sp³-hybridized carbons (Fsp3) is 0.133. The monoisotopic (exact) mass is 285 g/mol. The Balaban J connectivity index is 2.14. The van der Waals surface area contributed by atoms with Gasteiger partial charge in [-0.15, -0.1) is 0 Å². The van der Waals surface area contributed by atoms with E-state index in [4.69, 9.17) is 10.00 Å². The molecule has 0 aliphatic rings. The molecule has 0 fully saturated rings. The molecule has 0 bridgehead atoms. The van der Waals surface area contributed by atoms with Crippen molar-refractivity contribution in [2.24, 2.45) is 0 Å². The summed E-state index contributed by atoms with van der Waals surface area (Å²) in [6, 6.07) is 9.02. The van der Waals surface area contributed by atoms with Gasteiger partial charge in [-0.25, -0.2) is 14.2 Å². The van der Waals surface area contributed by atoms with E-state index >= 15 is 0 Å². The number of rotatable bonds is 4. The van der Waals surface area contributed by atoms with Gasteiger partial charge in [0.25, 0.3) is 0 Å². The van der Waals surface area contributed by atoms with Gasteiger partial charge < -0.3 is 10.1 Å². The molecule has 5 nitrogen and oxygen atoms in total.